The van der Waals surface area contributed by atoms with Crippen molar-refractivity contribution in [3.8, 4) is 0 Å². The lowest BCUT2D eigenvalue weighted by Gasteiger charge is -2.08. The first-order valence-electron chi connectivity index (χ1n) is 7.33. The van der Waals surface area contributed by atoms with Gasteiger partial charge in [0.25, 0.3) is 0 Å². The average molecular weight is 372 g/mol. The number of pyridine rings is 1. The van der Waals surface area contributed by atoms with Crippen molar-refractivity contribution < 1.29 is 8.42 Å². The van der Waals surface area contributed by atoms with Crippen LogP contribution in [0.4, 0.5) is 5.69 Å². The molecule has 25 heavy (non-hydrogen) atoms. The van der Waals surface area contributed by atoms with E-state index in [0.717, 1.165) is 11.1 Å². The third kappa shape index (κ3) is 4.11. The highest BCUT2D eigenvalue weighted by Gasteiger charge is 2.15. The van der Waals surface area contributed by atoms with Gasteiger partial charge in [0.2, 0.25) is 10.0 Å². The molecule has 126 valence electrons. The van der Waals surface area contributed by atoms with Crippen LogP contribution in [0.2, 0.25) is 5.15 Å². The first-order chi connectivity index (χ1) is 11.9. The lowest BCUT2D eigenvalue weighted by molar-refractivity contribution is 0.597. The normalized spacial score (nSPS) is 11.1. The van der Waals surface area contributed by atoms with Crippen LogP contribution in [-0.4, -0.2) is 19.1 Å². The summed E-state index contributed by atoms with van der Waals surface area (Å²) >= 11 is 5.83. The third-order valence-corrected chi connectivity index (χ3v) is 4.77. The minimum absolute atomic E-state index is 0.178. The second-order valence-corrected chi connectivity index (χ2v) is 7.11. The number of aliphatic imine (C=N–C) groups is 1. The summed E-state index contributed by atoms with van der Waals surface area (Å²) < 4.78 is 23.3. The van der Waals surface area contributed by atoms with Crippen molar-refractivity contribution in [1.82, 2.24) is 4.98 Å². The number of halogens is 1. The minimum atomic E-state index is -3.98. The molecule has 0 saturated heterocycles. The number of benzene rings is 2. The highest BCUT2D eigenvalue weighted by atomic mass is 35.5. The largest absolute Gasteiger partial charge is 0.246 e. The standard InChI is InChI=1S/C18H14ClN3O2S/c19-18-16(25(20,23)24)11-15(12-21-18)22-17(13-7-3-1-4-8-13)14-9-5-2-6-10-14/h1-12H,(H2,20,23,24). The first-order valence-corrected chi connectivity index (χ1v) is 9.25. The SMILES string of the molecule is NS(=O)(=O)c1cc(N=C(c2ccccc2)c2ccccc2)cnc1Cl. The lowest BCUT2D eigenvalue weighted by Crippen LogP contribution is -2.13. The van der Waals surface area contributed by atoms with Crippen molar-refractivity contribution in [3.05, 3.63) is 89.2 Å². The van der Waals surface area contributed by atoms with Gasteiger partial charge in [0.15, 0.2) is 0 Å². The smallest absolute Gasteiger partial charge is 0.241 e. The monoisotopic (exact) mass is 371 g/mol. The van der Waals surface area contributed by atoms with Crippen molar-refractivity contribution >= 4 is 33.0 Å². The van der Waals surface area contributed by atoms with Gasteiger partial charge in [0.1, 0.15) is 10.0 Å². The van der Waals surface area contributed by atoms with E-state index in [-0.39, 0.29) is 10.0 Å². The fourth-order valence-corrected chi connectivity index (χ4v) is 3.29. The summed E-state index contributed by atoms with van der Waals surface area (Å²) in [6.07, 6.45) is 1.41. The molecule has 0 atom stereocenters. The molecule has 0 aliphatic rings. The van der Waals surface area contributed by atoms with Crippen molar-refractivity contribution in [2.45, 2.75) is 4.90 Å². The Labute approximate surface area is 150 Å². The van der Waals surface area contributed by atoms with Gasteiger partial charge in [-0.15, -0.1) is 0 Å². The quantitative estimate of drug-likeness (QED) is 0.562. The molecular weight excluding hydrogens is 358 g/mol. The molecule has 5 nitrogen and oxygen atoms in total. The Morgan fingerprint density at radius 3 is 1.96 bits per heavy atom. The molecule has 0 radical (unpaired) electrons. The van der Waals surface area contributed by atoms with Crippen LogP contribution < -0.4 is 5.14 Å². The van der Waals surface area contributed by atoms with Gasteiger partial charge in [0.05, 0.1) is 17.6 Å². The van der Waals surface area contributed by atoms with E-state index < -0.39 is 10.0 Å². The molecular formula is C18H14ClN3O2S. The second kappa shape index (κ2) is 7.14. The van der Waals surface area contributed by atoms with Crippen LogP contribution in [0.25, 0.3) is 0 Å². The number of aromatic nitrogens is 1. The third-order valence-electron chi connectivity index (χ3n) is 3.43. The van der Waals surface area contributed by atoms with E-state index in [4.69, 9.17) is 16.7 Å². The second-order valence-electron chi connectivity index (χ2n) is 5.22. The summed E-state index contributed by atoms with van der Waals surface area (Å²) in [5.74, 6) is 0. The Bertz CT molecular complexity index is 979. The van der Waals surface area contributed by atoms with Gasteiger partial charge in [-0.3, -0.25) is 0 Å². The molecule has 0 bridgehead atoms. The Hall–Kier alpha value is -2.54. The van der Waals surface area contributed by atoms with Crippen molar-refractivity contribution in [3.63, 3.8) is 0 Å². The zero-order chi connectivity index (χ0) is 17.9. The predicted molar refractivity (Wildman–Crippen MR) is 98.8 cm³/mol. The van der Waals surface area contributed by atoms with E-state index >= 15 is 0 Å². The Morgan fingerprint density at radius 2 is 1.48 bits per heavy atom. The van der Waals surface area contributed by atoms with E-state index in [9.17, 15) is 8.42 Å². The summed E-state index contributed by atoms with van der Waals surface area (Å²) in [4.78, 5) is 8.22. The molecule has 3 aromatic rings. The van der Waals surface area contributed by atoms with E-state index in [1.807, 2.05) is 60.7 Å². The van der Waals surface area contributed by atoms with Crippen molar-refractivity contribution in [2.75, 3.05) is 0 Å². The number of nitrogens with zero attached hydrogens (tertiary/aromatic N) is 2. The summed E-state index contributed by atoms with van der Waals surface area (Å²) in [6, 6.07) is 20.5. The van der Waals surface area contributed by atoms with Crippen LogP contribution in [-0.2, 0) is 10.0 Å². The molecule has 1 heterocycles. The molecule has 1 aromatic heterocycles. The predicted octanol–water partition coefficient (Wildman–Crippen LogP) is 3.55. The van der Waals surface area contributed by atoms with Crippen LogP contribution >= 0.6 is 11.6 Å². The molecule has 0 aliphatic heterocycles. The van der Waals surface area contributed by atoms with Gasteiger partial charge in [-0.25, -0.2) is 23.5 Å². The van der Waals surface area contributed by atoms with E-state index in [0.29, 0.717) is 11.4 Å². The summed E-state index contributed by atoms with van der Waals surface area (Å²) in [7, 11) is -3.98. The van der Waals surface area contributed by atoms with E-state index in [1.54, 1.807) is 0 Å². The molecule has 0 saturated carbocycles. The van der Waals surface area contributed by atoms with Gasteiger partial charge in [-0.05, 0) is 6.07 Å². The molecule has 0 spiro atoms. The molecule has 0 fully saturated rings. The number of nitrogens with two attached hydrogens (primary N) is 1. The van der Waals surface area contributed by atoms with Crippen LogP contribution in [0.15, 0.2) is 82.8 Å². The Balaban J connectivity index is 2.18. The molecule has 0 unspecified atom stereocenters. The molecule has 2 N–H and O–H groups in total. The molecule has 0 aliphatic carbocycles. The van der Waals surface area contributed by atoms with Crippen LogP contribution in [0.3, 0.4) is 0 Å². The van der Waals surface area contributed by atoms with Gasteiger partial charge in [-0.2, -0.15) is 0 Å². The van der Waals surface area contributed by atoms with Crippen LogP contribution in [0.1, 0.15) is 11.1 Å². The van der Waals surface area contributed by atoms with Gasteiger partial charge >= 0.3 is 0 Å². The highest BCUT2D eigenvalue weighted by Crippen LogP contribution is 2.24. The molecule has 2 aromatic carbocycles. The van der Waals surface area contributed by atoms with Crippen molar-refractivity contribution in [1.29, 1.82) is 0 Å². The number of hydrogen-bond acceptors (Lipinski definition) is 4. The Morgan fingerprint density at radius 1 is 0.960 bits per heavy atom. The maximum atomic E-state index is 11.6. The number of primary sulfonamides is 1. The summed E-state index contributed by atoms with van der Waals surface area (Å²) in [5, 5.41) is 5.00. The van der Waals surface area contributed by atoms with Crippen LogP contribution in [0, 0.1) is 0 Å². The summed E-state index contributed by atoms with van der Waals surface area (Å²) in [5.41, 5.74) is 2.81. The van der Waals surface area contributed by atoms with E-state index in [1.165, 1.54) is 12.3 Å². The minimum Gasteiger partial charge on any atom is -0.246 e. The maximum absolute atomic E-state index is 11.6. The summed E-state index contributed by atoms with van der Waals surface area (Å²) in [6.45, 7) is 0. The van der Waals surface area contributed by atoms with E-state index in [2.05, 4.69) is 9.98 Å². The lowest BCUT2D eigenvalue weighted by atomic mass is 10.0. The van der Waals surface area contributed by atoms with Crippen molar-refractivity contribution in [2.24, 2.45) is 10.1 Å². The number of hydrogen-bond donors (Lipinski definition) is 1. The first kappa shape index (κ1) is 17.3. The number of sulfonamides is 1. The fraction of sp³-hybridized carbons (Fsp3) is 0. The maximum Gasteiger partial charge on any atom is 0.241 e. The number of rotatable bonds is 4. The topological polar surface area (TPSA) is 85.4 Å². The molecule has 7 heteroatoms. The molecule has 0 amide bonds. The average Bonchev–Trinajstić information content (AvgIpc) is 2.61. The zero-order valence-electron chi connectivity index (χ0n) is 13.0. The highest BCUT2D eigenvalue weighted by molar-refractivity contribution is 7.89. The Kier molecular flexibility index (Phi) is 4.94. The van der Waals surface area contributed by atoms with Gasteiger partial charge < -0.3 is 0 Å². The fourth-order valence-electron chi connectivity index (χ4n) is 2.30. The van der Waals surface area contributed by atoms with Gasteiger partial charge in [-0.1, -0.05) is 72.3 Å². The van der Waals surface area contributed by atoms with Gasteiger partial charge in [0, 0.05) is 11.1 Å². The zero-order valence-corrected chi connectivity index (χ0v) is 14.6. The molecule has 3 rings (SSSR count). The van der Waals surface area contributed by atoms with Crippen LogP contribution in [0.5, 0.6) is 0 Å².